The number of benzene rings is 3. The Balaban J connectivity index is 1.40. The summed E-state index contributed by atoms with van der Waals surface area (Å²) in [5.74, 6) is -1.75. The van der Waals surface area contributed by atoms with Crippen LogP contribution in [0.5, 0.6) is 0 Å². The van der Waals surface area contributed by atoms with Crippen LogP contribution in [0.2, 0.25) is 0 Å². The maximum Gasteiger partial charge on any atom is 0.246 e. The number of amides is 4. The quantitative estimate of drug-likeness (QED) is 0.209. The number of aliphatic hydroxyl groups is 1. The average Bonchev–Trinajstić information content (AvgIpc) is 3.02. The number of nitrogens with two attached hydrogens (primary N) is 1. The summed E-state index contributed by atoms with van der Waals surface area (Å²) in [6.07, 6.45) is 3.75. The molecule has 3 aromatic rings. The molecule has 4 rings (SSSR count). The molecule has 9 nitrogen and oxygen atoms in total. The first-order chi connectivity index (χ1) is 20.9. The van der Waals surface area contributed by atoms with Gasteiger partial charge < -0.3 is 26.4 Å². The van der Waals surface area contributed by atoms with Crippen LogP contribution in [0.4, 0.5) is 0 Å². The van der Waals surface area contributed by atoms with Crippen LogP contribution in [-0.2, 0) is 32.0 Å². The second-order valence-corrected chi connectivity index (χ2v) is 11.9. The smallest absolute Gasteiger partial charge is 0.246 e. The van der Waals surface area contributed by atoms with E-state index in [1.807, 2.05) is 72.8 Å². The third-order valence-corrected chi connectivity index (χ3v) is 8.48. The minimum atomic E-state index is -0.947. The first kappa shape index (κ1) is 32.0. The van der Waals surface area contributed by atoms with E-state index in [9.17, 15) is 24.3 Å². The highest BCUT2D eigenvalue weighted by Crippen LogP contribution is 2.21. The Hall–Kier alpha value is -3.89. The van der Waals surface area contributed by atoms with Gasteiger partial charge in [-0.2, -0.15) is 0 Å². The third-order valence-electron chi connectivity index (χ3n) is 7.72. The van der Waals surface area contributed by atoms with Gasteiger partial charge in [0, 0.05) is 25.1 Å². The molecule has 3 aromatic carbocycles. The van der Waals surface area contributed by atoms with Crippen LogP contribution in [0.1, 0.15) is 43.2 Å². The maximum atomic E-state index is 13.7. The van der Waals surface area contributed by atoms with Crippen molar-refractivity contribution in [2.75, 3.05) is 18.2 Å². The highest BCUT2D eigenvalue weighted by Gasteiger charge is 2.37. The topological polar surface area (TPSA) is 142 Å². The fourth-order valence-electron chi connectivity index (χ4n) is 5.47. The standard InChI is InChI=1S/C33H40N4O5S/c34-31(40)27(20-24-16-17-25-12-4-5-13-26(25)19-24)36-32(41)29-14-6-7-18-37(29)33(42)28(21-43-22-38)35-30(39)15-8-11-23-9-2-1-3-10-23/h1-5,9-10,12-13,16-17,19,27-29,38H,6-8,11,14-15,18,20-22H2,(H2,34,40)(H,35,39)(H,36,41)/t27-,28-,29-/m0/s1. The molecule has 1 saturated heterocycles. The van der Waals surface area contributed by atoms with Crippen LogP contribution in [0, 0.1) is 0 Å². The van der Waals surface area contributed by atoms with Gasteiger partial charge >= 0.3 is 0 Å². The summed E-state index contributed by atoms with van der Waals surface area (Å²) in [6.45, 7) is 0.354. The van der Waals surface area contributed by atoms with Gasteiger partial charge in [0.1, 0.15) is 18.1 Å². The molecule has 0 aliphatic carbocycles. The molecular formula is C33H40N4O5S. The molecule has 228 valence electrons. The van der Waals surface area contributed by atoms with Crippen molar-refractivity contribution in [1.82, 2.24) is 15.5 Å². The Labute approximate surface area is 256 Å². The Morgan fingerprint density at radius 3 is 2.40 bits per heavy atom. The van der Waals surface area contributed by atoms with Crippen molar-refractivity contribution in [1.29, 1.82) is 0 Å². The van der Waals surface area contributed by atoms with Crippen LogP contribution in [0.3, 0.4) is 0 Å². The van der Waals surface area contributed by atoms with E-state index < -0.39 is 29.9 Å². The molecule has 10 heteroatoms. The number of carbonyl (C=O) groups is 4. The number of hydrogen-bond donors (Lipinski definition) is 4. The van der Waals surface area contributed by atoms with E-state index in [1.54, 1.807) is 0 Å². The van der Waals surface area contributed by atoms with E-state index in [-0.39, 0.29) is 36.3 Å². The van der Waals surface area contributed by atoms with Gasteiger partial charge in [-0.1, -0.05) is 72.8 Å². The molecule has 4 amide bonds. The van der Waals surface area contributed by atoms with Crippen molar-refractivity contribution in [2.45, 2.75) is 63.1 Å². The van der Waals surface area contributed by atoms with Crippen molar-refractivity contribution in [3.05, 3.63) is 83.9 Å². The number of nitrogens with one attached hydrogen (secondary N) is 2. The molecule has 5 N–H and O–H groups in total. The number of aliphatic hydroxyl groups excluding tert-OH is 1. The first-order valence-corrected chi connectivity index (χ1v) is 15.9. The molecule has 3 atom stereocenters. The SMILES string of the molecule is NC(=O)[C@H](Cc1ccc2ccccc2c1)NC(=O)[C@@H]1CCCCN1C(=O)[C@H](CSCO)NC(=O)CCCc1ccccc1. The molecule has 1 aliphatic rings. The summed E-state index contributed by atoms with van der Waals surface area (Å²) < 4.78 is 0. The minimum absolute atomic E-state index is 0.177. The Bertz CT molecular complexity index is 1400. The molecule has 0 aromatic heterocycles. The number of aryl methyl sites for hydroxylation is 1. The van der Waals surface area contributed by atoms with E-state index in [0.29, 0.717) is 19.4 Å². The Morgan fingerprint density at radius 2 is 1.65 bits per heavy atom. The fourth-order valence-corrected chi connectivity index (χ4v) is 6.04. The molecule has 1 heterocycles. The second kappa shape index (κ2) is 16.1. The number of primary amides is 1. The van der Waals surface area contributed by atoms with Crippen molar-refractivity contribution < 1.29 is 24.3 Å². The number of fused-ring (bicyclic) bond motifs is 1. The summed E-state index contributed by atoms with van der Waals surface area (Å²) >= 11 is 1.13. The van der Waals surface area contributed by atoms with Crippen molar-refractivity contribution in [2.24, 2.45) is 5.73 Å². The van der Waals surface area contributed by atoms with Crippen LogP contribution >= 0.6 is 11.8 Å². The fraction of sp³-hybridized carbons (Fsp3) is 0.394. The van der Waals surface area contributed by atoms with Crippen LogP contribution in [0.15, 0.2) is 72.8 Å². The minimum Gasteiger partial charge on any atom is -0.386 e. The van der Waals surface area contributed by atoms with E-state index in [2.05, 4.69) is 10.6 Å². The predicted octanol–water partition coefficient (Wildman–Crippen LogP) is 2.92. The number of carbonyl (C=O) groups excluding carboxylic acids is 4. The zero-order chi connectivity index (χ0) is 30.6. The Kier molecular flexibility index (Phi) is 12.0. The normalized spacial score (nSPS) is 16.3. The zero-order valence-electron chi connectivity index (χ0n) is 24.2. The molecule has 1 aliphatic heterocycles. The summed E-state index contributed by atoms with van der Waals surface area (Å²) in [6, 6.07) is 21.0. The molecule has 0 unspecified atom stereocenters. The average molecular weight is 605 g/mol. The summed E-state index contributed by atoms with van der Waals surface area (Å²) in [5, 5.41) is 17.1. The lowest BCUT2D eigenvalue weighted by molar-refractivity contribution is -0.145. The van der Waals surface area contributed by atoms with E-state index in [0.717, 1.165) is 52.9 Å². The Morgan fingerprint density at radius 1 is 0.907 bits per heavy atom. The molecule has 43 heavy (non-hydrogen) atoms. The van der Waals surface area contributed by atoms with Gasteiger partial charge in [0.2, 0.25) is 23.6 Å². The molecule has 1 fully saturated rings. The van der Waals surface area contributed by atoms with Crippen LogP contribution in [0.25, 0.3) is 10.8 Å². The van der Waals surface area contributed by atoms with E-state index >= 15 is 0 Å². The zero-order valence-corrected chi connectivity index (χ0v) is 25.1. The highest BCUT2D eigenvalue weighted by molar-refractivity contribution is 7.99. The second-order valence-electron chi connectivity index (χ2n) is 10.9. The largest absolute Gasteiger partial charge is 0.386 e. The van der Waals surface area contributed by atoms with Gasteiger partial charge in [-0.05, 0) is 54.0 Å². The van der Waals surface area contributed by atoms with Crippen molar-refractivity contribution >= 4 is 46.2 Å². The number of thioether (sulfide) groups is 1. The number of rotatable bonds is 14. The molecule has 0 spiro atoms. The van der Waals surface area contributed by atoms with E-state index in [1.165, 1.54) is 4.90 Å². The highest BCUT2D eigenvalue weighted by atomic mass is 32.2. The molecule has 0 radical (unpaired) electrons. The lowest BCUT2D eigenvalue weighted by atomic mass is 9.98. The maximum absolute atomic E-state index is 13.7. The summed E-state index contributed by atoms with van der Waals surface area (Å²) in [7, 11) is 0. The number of nitrogens with zero attached hydrogens (tertiary/aromatic N) is 1. The van der Waals surface area contributed by atoms with E-state index in [4.69, 9.17) is 5.73 Å². The predicted molar refractivity (Wildman–Crippen MR) is 169 cm³/mol. The van der Waals surface area contributed by atoms with Gasteiger partial charge in [0.05, 0.1) is 5.94 Å². The van der Waals surface area contributed by atoms with Gasteiger partial charge in [-0.3, -0.25) is 19.2 Å². The van der Waals surface area contributed by atoms with Crippen molar-refractivity contribution in [3.63, 3.8) is 0 Å². The number of piperidine rings is 1. The van der Waals surface area contributed by atoms with Crippen molar-refractivity contribution in [3.8, 4) is 0 Å². The summed E-state index contributed by atoms with van der Waals surface area (Å²) in [5.41, 5.74) is 7.69. The molecular weight excluding hydrogens is 564 g/mol. The van der Waals surface area contributed by atoms with Crippen LogP contribution < -0.4 is 16.4 Å². The summed E-state index contributed by atoms with van der Waals surface area (Å²) in [4.78, 5) is 53.9. The van der Waals surface area contributed by atoms with Crippen LogP contribution in [-0.4, -0.2) is 70.0 Å². The lowest BCUT2D eigenvalue weighted by Crippen LogP contribution is -2.60. The monoisotopic (exact) mass is 604 g/mol. The van der Waals surface area contributed by atoms with Gasteiger partial charge in [0.25, 0.3) is 0 Å². The van der Waals surface area contributed by atoms with Gasteiger partial charge in [-0.15, -0.1) is 11.8 Å². The lowest BCUT2D eigenvalue weighted by Gasteiger charge is -2.37. The van der Waals surface area contributed by atoms with Gasteiger partial charge in [0.15, 0.2) is 0 Å². The number of likely N-dealkylation sites (tertiary alicyclic amines) is 1. The number of hydrogen-bond acceptors (Lipinski definition) is 6. The molecule has 0 saturated carbocycles. The molecule has 0 bridgehead atoms. The van der Waals surface area contributed by atoms with Gasteiger partial charge in [-0.25, -0.2) is 0 Å². The first-order valence-electron chi connectivity index (χ1n) is 14.8. The third kappa shape index (κ3) is 9.30.